The van der Waals surface area contributed by atoms with Gasteiger partial charge in [0.1, 0.15) is 5.82 Å². The van der Waals surface area contributed by atoms with Gasteiger partial charge in [0.2, 0.25) is 0 Å². The highest BCUT2D eigenvalue weighted by Crippen LogP contribution is 2.24. The fourth-order valence-corrected chi connectivity index (χ4v) is 3.13. The van der Waals surface area contributed by atoms with Gasteiger partial charge in [-0.05, 0) is 61.0 Å². The van der Waals surface area contributed by atoms with Gasteiger partial charge < -0.3 is 9.55 Å². The number of imidazole rings is 1. The molecule has 0 saturated carbocycles. The van der Waals surface area contributed by atoms with Crippen LogP contribution in [-0.2, 0) is 13.0 Å². The van der Waals surface area contributed by atoms with Gasteiger partial charge in [0.25, 0.3) is 0 Å². The number of hydrogen-bond donors (Lipinski definition) is 1. The minimum Gasteiger partial charge on any atom is -0.331 e. The molecule has 0 atom stereocenters. The van der Waals surface area contributed by atoms with Gasteiger partial charge in [0.15, 0.2) is 4.77 Å². The van der Waals surface area contributed by atoms with Crippen LogP contribution in [-0.4, -0.2) is 9.55 Å². The summed E-state index contributed by atoms with van der Waals surface area (Å²) in [6, 6.07) is 10.6. The minimum absolute atomic E-state index is 0.206. The zero-order chi connectivity index (χ0) is 15.0. The minimum atomic E-state index is -0.206. The number of H-pyrrole nitrogens is 1. The molecule has 2 nitrogen and oxygen atoms in total. The van der Waals surface area contributed by atoms with Crippen LogP contribution in [0.3, 0.4) is 0 Å². The van der Waals surface area contributed by atoms with Crippen LogP contribution in [0.4, 0.5) is 4.39 Å². The van der Waals surface area contributed by atoms with Crippen LogP contribution in [0.2, 0.25) is 5.02 Å². The molecule has 1 N–H and O–H groups in total. The maximum atomic E-state index is 13.1. The SMILES string of the molecule is Cc1cc(F)ccc1CCn1c(=S)[nH]c2cccc(Cl)c21. The van der Waals surface area contributed by atoms with E-state index in [1.807, 2.05) is 35.8 Å². The lowest BCUT2D eigenvalue weighted by Gasteiger charge is -2.08. The van der Waals surface area contributed by atoms with Crippen LogP contribution >= 0.6 is 23.8 Å². The number of halogens is 2. The molecule has 3 rings (SSSR count). The first-order chi connectivity index (χ1) is 10.1. The van der Waals surface area contributed by atoms with Gasteiger partial charge in [-0.3, -0.25) is 0 Å². The van der Waals surface area contributed by atoms with E-state index in [9.17, 15) is 4.39 Å². The van der Waals surface area contributed by atoms with Gasteiger partial charge >= 0.3 is 0 Å². The number of nitrogens with one attached hydrogen (secondary N) is 1. The first-order valence-corrected chi connectivity index (χ1v) is 7.47. The van der Waals surface area contributed by atoms with Gasteiger partial charge in [-0.1, -0.05) is 23.7 Å². The van der Waals surface area contributed by atoms with Crippen molar-refractivity contribution in [3.8, 4) is 0 Å². The molecule has 21 heavy (non-hydrogen) atoms. The molecule has 1 aromatic heterocycles. The summed E-state index contributed by atoms with van der Waals surface area (Å²) >= 11 is 11.6. The van der Waals surface area contributed by atoms with Crippen molar-refractivity contribution in [2.24, 2.45) is 0 Å². The zero-order valence-corrected chi connectivity index (χ0v) is 13.1. The number of nitrogens with zero attached hydrogens (tertiary/aromatic N) is 1. The highest BCUT2D eigenvalue weighted by molar-refractivity contribution is 7.71. The smallest absolute Gasteiger partial charge is 0.178 e. The molecule has 1 heterocycles. The summed E-state index contributed by atoms with van der Waals surface area (Å²) < 4.78 is 15.8. The summed E-state index contributed by atoms with van der Waals surface area (Å²) in [6.45, 7) is 2.62. The highest BCUT2D eigenvalue weighted by Gasteiger charge is 2.08. The molecule has 0 spiro atoms. The summed E-state index contributed by atoms with van der Waals surface area (Å²) in [5, 5.41) is 0.677. The van der Waals surface area contributed by atoms with Crippen molar-refractivity contribution in [1.29, 1.82) is 0 Å². The number of hydrogen-bond acceptors (Lipinski definition) is 1. The summed E-state index contributed by atoms with van der Waals surface area (Å²) in [4.78, 5) is 3.16. The van der Waals surface area contributed by atoms with Crippen molar-refractivity contribution < 1.29 is 4.39 Å². The van der Waals surface area contributed by atoms with Crippen LogP contribution in [0.1, 0.15) is 11.1 Å². The molecule has 2 aromatic carbocycles. The second kappa shape index (κ2) is 5.62. The van der Waals surface area contributed by atoms with Crippen LogP contribution in [0.25, 0.3) is 11.0 Å². The average molecular weight is 321 g/mol. The molecule has 0 aliphatic heterocycles. The summed E-state index contributed by atoms with van der Waals surface area (Å²) in [5.41, 5.74) is 3.92. The second-order valence-corrected chi connectivity index (χ2v) is 5.83. The van der Waals surface area contributed by atoms with Gasteiger partial charge in [0.05, 0.1) is 16.1 Å². The fraction of sp³-hybridized carbons (Fsp3) is 0.188. The largest absolute Gasteiger partial charge is 0.331 e. The molecule has 3 aromatic rings. The van der Waals surface area contributed by atoms with Crippen LogP contribution in [0, 0.1) is 17.5 Å². The number of benzene rings is 2. The maximum absolute atomic E-state index is 13.1. The molecule has 0 aliphatic rings. The van der Waals surface area contributed by atoms with E-state index in [-0.39, 0.29) is 5.82 Å². The Labute approximate surface area is 132 Å². The first-order valence-electron chi connectivity index (χ1n) is 6.68. The predicted molar refractivity (Wildman–Crippen MR) is 87.0 cm³/mol. The molecule has 0 saturated heterocycles. The molecule has 0 unspecified atom stereocenters. The molecule has 0 bridgehead atoms. The molecular formula is C16H14ClFN2S. The van der Waals surface area contributed by atoms with Crippen LogP contribution in [0.15, 0.2) is 36.4 Å². The second-order valence-electron chi connectivity index (χ2n) is 5.04. The Hall–Kier alpha value is -1.65. The van der Waals surface area contributed by atoms with Crippen molar-refractivity contribution >= 4 is 34.9 Å². The van der Waals surface area contributed by atoms with E-state index in [1.165, 1.54) is 6.07 Å². The number of aromatic amines is 1. The quantitative estimate of drug-likeness (QED) is 0.670. The molecule has 0 amide bonds. The lowest BCUT2D eigenvalue weighted by atomic mass is 10.1. The average Bonchev–Trinajstić information content (AvgIpc) is 2.75. The standard InChI is InChI=1S/C16H14ClFN2S/c1-10-9-12(18)6-5-11(10)7-8-20-15-13(17)3-2-4-14(15)19-16(20)21/h2-6,9H,7-8H2,1H3,(H,19,21). The van der Waals surface area contributed by atoms with Gasteiger partial charge in [-0.25, -0.2) is 4.39 Å². The number of fused-ring (bicyclic) bond motifs is 1. The maximum Gasteiger partial charge on any atom is 0.178 e. The van der Waals surface area contributed by atoms with E-state index < -0.39 is 0 Å². The Morgan fingerprint density at radius 2 is 2.10 bits per heavy atom. The number of rotatable bonds is 3. The van der Waals surface area contributed by atoms with Crippen molar-refractivity contribution in [2.45, 2.75) is 19.9 Å². The van der Waals surface area contributed by atoms with E-state index in [4.69, 9.17) is 23.8 Å². The molecule has 0 aliphatic carbocycles. The fourth-order valence-electron chi connectivity index (χ4n) is 2.56. The number of aryl methyl sites for hydroxylation is 3. The Kier molecular flexibility index (Phi) is 3.83. The third kappa shape index (κ3) is 2.74. The van der Waals surface area contributed by atoms with Crippen molar-refractivity contribution in [3.63, 3.8) is 0 Å². The summed E-state index contributed by atoms with van der Waals surface area (Å²) in [7, 11) is 0. The lowest BCUT2D eigenvalue weighted by Crippen LogP contribution is -2.03. The third-order valence-electron chi connectivity index (χ3n) is 3.65. The van der Waals surface area contributed by atoms with E-state index in [1.54, 1.807) is 6.07 Å². The van der Waals surface area contributed by atoms with Crippen molar-refractivity contribution in [3.05, 3.63) is 63.1 Å². The molecular weight excluding hydrogens is 307 g/mol. The summed E-state index contributed by atoms with van der Waals surface area (Å²) in [5.74, 6) is -0.206. The lowest BCUT2D eigenvalue weighted by molar-refractivity contribution is 0.624. The van der Waals surface area contributed by atoms with Crippen molar-refractivity contribution in [2.75, 3.05) is 0 Å². The monoisotopic (exact) mass is 320 g/mol. The normalized spacial score (nSPS) is 11.2. The van der Waals surface area contributed by atoms with E-state index in [0.717, 1.165) is 28.6 Å². The number of para-hydroxylation sites is 1. The molecule has 108 valence electrons. The number of aromatic nitrogens is 2. The Morgan fingerprint density at radius 3 is 2.86 bits per heavy atom. The Balaban J connectivity index is 1.95. The van der Waals surface area contributed by atoms with Gasteiger partial charge in [-0.15, -0.1) is 0 Å². The zero-order valence-electron chi connectivity index (χ0n) is 11.5. The van der Waals surface area contributed by atoms with Crippen molar-refractivity contribution in [1.82, 2.24) is 9.55 Å². The van der Waals surface area contributed by atoms with Crippen LogP contribution in [0.5, 0.6) is 0 Å². The topological polar surface area (TPSA) is 20.7 Å². The molecule has 5 heteroatoms. The molecule has 0 radical (unpaired) electrons. The highest BCUT2D eigenvalue weighted by atomic mass is 35.5. The first kappa shape index (κ1) is 14.3. The predicted octanol–water partition coefficient (Wildman–Crippen LogP) is 5.04. The van der Waals surface area contributed by atoms with Gasteiger partial charge in [-0.2, -0.15) is 0 Å². The van der Waals surface area contributed by atoms with E-state index in [2.05, 4.69) is 4.98 Å². The van der Waals surface area contributed by atoms with E-state index >= 15 is 0 Å². The third-order valence-corrected chi connectivity index (χ3v) is 4.28. The molecule has 0 fully saturated rings. The summed E-state index contributed by atoms with van der Waals surface area (Å²) in [6.07, 6.45) is 0.776. The Morgan fingerprint density at radius 1 is 1.29 bits per heavy atom. The Bertz CT molecular complexity index is 866. The van der Waals surface area contributed by atoms with E-state index in [0.29, 0.717) is 16.3 Å². The van der Waals surface area contributed by atoms with Crippen LogP contribution < -0.4 is 0 Å². The van der Waals surface area contributed by atoms with Gasteiger partial charge in [0, 0.05) is 6.54 Å².